The van der Waals surface area contributed by atoms with Crippen LogP contribution in [0.1, 0.15) is 22.6 Å². The second-order valence-corrected chi connectivity index (χ2v) is 5.08. The summed E-state index contributed by atoms with van der Waals surface area (Å²) in [4.78, 5) is 0. The fraction of sp³-hybridized carbons (Fsp3) is 0.267. The molecule has 1 aromatic carbocycles. The number of nitriles is 1. The molecular weight excluding hydrogens is 256 g/mol. The van der Waals surface area contributed by atoms with Crippen LogP contribution in [0.2, 0.25) is 0 Å². The van der Waals surface area contributed by atoms with Gasteiger partial charge in [-0.1, -0.05) is 12.1 Å². The Morgan fingerprint density at radius 2 is 1.84 bits per heavy atom. The van der Waals surface area contributed by atoms with Crippen molar-refractivity contribution < 1.29 is 4.42 Å². The standard InChI is InChI=1S/C15H16N2OS/c1-19-11-15-7-6-14(18-15)10-17-9-13-4-2-12(8-16)3-5-13/h2-7,17H,9-11H2,1H3. The average Bonchev–Trinajstić information content (AvgIpc) is 2.88. The van der Waals surface area contributed by atoms with Crippen molar-refractivity contribution in [1.82, 2.24) is 5.32 Å². The van der Waals surface area contributed by atoms with Gasteiger partial charge in [-0.05, 0) is 36.1 Å². The van der Waals surface area contributed by atoms with Crippen molar-refractivity contribution >= 4 is 11.8 Å². The van der Waals surface area contributed by atoms with Crippen LogP contribution in [0.4, 0.5) is 0 Å². The molecule has 1 N–H and O–H groups in total. The van der Waals surface area contributed by atoms with Crippen molar-refractivity contribution in [3.05, 3.63) is 59.0 Å². The Morgan fingerprint density at radius 1 is 1.11 bits per heavy atom. The zero-order valence-electron chi connectivity index (χ0n) is 10.8. The van der Waals surface area contributed by atoms with Gasteiger partial charge in [0.15, 0.2) is 0 Å². The van der Waals surface area contributed by atoms with Gasteiger partial charge in [-0.2, -0.15) is 17.0 Å². The van der Waals surface area contributed by atoms with E-state index in [4.69, 9.17) is 9.68 Å². The summed E-state index contributed by atoms with van der Waals surface area (Å²) in [5.41, 5.74) is 1.85. The van der Waals surface area contributed by atoms with E-state index in [-0.39, 0.29) is 0 Å². The zero-order valence-corrected chi connectivity index (χ0v) is 11.7. The van der Waals surface area contributed by atoms with E-state index >= 15 is 0 Å². The van der Waals surface area contributed by atoms with Crippen LogP contribution in [0.15, 0.2) is 40.8 Å². The summed E-state index contributed by atoms with van der Waals surface area (Å²) >= 11 is 1.75. The van der Waals surface area contributed by atoms with E-state index in [1.54, 1.807) is 11.8 Å². The first kappa shape index (κ1) is 13.7. The second-order valence-electron chi connectivity index (χ2n) is 4.21. The molecule has 0 bridgehead atoms. The van der Waals surface area contributed by atoms with Gasteiger partial charge in [0.05, 0.1) is 23.9 Å². The Bertz CT molecular complexity index is 554. The first-order valence-corrected chi connectivity index (χ1v) is 7.47. The van der Waals surface area contributed by atoms with E-state index < -0.39 is 0 Å². The summed E-state index contributed by atoms with van der Waals surface area (Å²) in [6.07, 6.45) is 2.06. The number of thioether (sulfide) groups is 1. The molecule has 0 aliphatic rings. The minimum atomic E-state index is 0.691. The van der Waals surface area contributed by atoms with E-state index in [0.717, 1.165) is 29.4 Å². The molecule has 0 aliphatic heterocycles. The van der Waals surface area contributed by atoms with Crippen LogP contribution < -0.4 is 5.32 Å². The molecule has 0 unspecified atom stereocenters. The van der Waals surface area contributed by atoms with Crippen LogP contribution in [-0.2, 0) is 18.8 Å². The van der Waals surface area contributed by atoms with Gasteiger partial charge in [-0.3, -0.25) is 0 Å². The molecule has 1 heterocycles. The summed E-state index contributed by atoms with van der Waals surface area (Å²) in [7, 11) is 0. The third-order valence-electron chi connectivity index (χ3n) is 2.72. The summed E-state index contributed by atoms with van der Waals surface area (Å²) < 4.78 is 5.67. The van der Waals surface area contributed by atoms with Crippen LogP contribution in [0.3, 0.4) is 0 Å². The Morgan fingerprint density at radius 3 is 2.53 bits per heavy atom. The molecule has 2 aromatic rings. The maximum Gasteiger partial charge on any atom is 0.118 e. The maximum atomic E-state index is 8.72. The van der Waals surface area contributed by atoms with Crippen LogP contribution in [0.5, 0.6) is 0 Å². The number of furan rings is 1. The van der Waals surface area contributed by atoms with Crippen LogP contribution in [0.25, 0.3) is 0 Å². The lowest BCUT2D eigenvalue weighted by Crippen LogP contribution is -2.12. The summed E-state index contributed by atoms with van der Waals surface area (Å²) in [6, 6.07) is 13.7. The highest BCUT2D eigenvalue weighted by Crippen LogP contribution is 2.13. The van der Waals surface area contributed by atoms with E-state index in [0.29, 0.717) is 12.1 Å². The van der Waals surface area contributed by atoms with Gasteiger partial charge in [0.25, 0.3) is 0 Å². The van der Waals surface area contributed by atoms with Gasteiger partial charge < -0.3 is 9.73 Å². The highest BCUT2D eigenvalue weighted by Gasteiger charge is 2.01. The Balaban J connectivity index is 1.80. The number of nitrogens with one attached hydrogen (secondary N) is 1. The normalized spacial score (nSPS) is 10.3. The lowest BCUT2D eigenvalue weighted by molar-refractivity contribution is 0.459. The van der Waals surface area contributed by atoms with E-state index in [1.807, 2.05) is 36.4 Å². The average molecular weight is 272 g/mol. The van der Waals surface area contributed by atoms with Gasteiger partial charge >= 0.3 is 0 Å². The molecule has 0 amide bonds. The predicted octanol–water partition coefficient (Wildman–Crippen LogP) is 3.30. The minimum Gasteiger partial charge on any atom is -0.464 e. The first-order chi connectivity index (χ1) is 9.31. The summed E-state index contributed by atoms with van der Waals surface area (Å²) in [6.45, 7) is 1.48. The third kappa shape index (κ3) is 4.16. The molecule has 0 spiro atoms. The van der Waals surface area contributed by atoms with Crippen molar-refractivity contribution in [2.75, 3.05) is 6.26 Å². The SMILES string of the molecule is CSCc1ccc(CNCc2ccc(C#N)cc2)o1. The van der Waals surface area contributed by atoms with Crippen molar-refractivity contribution in [1.29, 1.82) is 5.26 Å². The lowest BCUT2D eigenvalue weighted by atomic mass is 10.1. The quantitative estimate of drug-likeness (QED) is 0.876. The first-order valence-electron chi connectivity index (χ1n) is 6.08. The number of nitrogens with zero attached hydrogens (tertiary/aromatic N) is 1. The Labute approximate surface area is 117 Å². The molecule has 0 aliphatic carbocycles. The van der Waals surface area contributed by atoms with Gasteiger partial charge in [0.2, 0.25) is 0 Å². The zero-order chi connectivity index (χ0) is 13.5. The van der Waals surface area contributed by atoms with Gasteiger partial charge in [0.1, 0.15) is 11.5 Å². The van der Waals surface area contributed by atoms with E-state index in [2.05, 4.69) is 17.6 Å². The minimum absolute atomic E-state index is 0.691. The smallest absolute Gasteiger partial charge is 0.118 e. The topological polar surface area (TPSA) is 49.0 Å². The Kier molecular flexibility index (Phi) is 5.08. The number of benzene rings is 1. The van der Waals surface area contributed by atoms with Gasteiger partial charge in [0, 0.05) is 6.54 Å². The Hall–Kier alpha value is -1.70. The number of hydrogen-bond donors (Lipinski definition) is 1. The number of hydrogen-bond acceptors (Lipinski definition) is 4. The molecule has 0 saturated carbocycles. The fourth-order valence-corrected chi connectivity index (χ4v) is 2.20. The van der Waals surface area contributed by atoms with E-state index in [1.165, 1.54) is 0 Å². The fourth-order valence-electron chi connectivity index (χ4n) is 1.76. The molecule has 19 heavy (non-hydrogen) atoms. The van der Waals surface area contributed by atoms with Crippen LogP contribution >= 0.6 is 11.8 Å². The molecule has 0 atom stereocenters. The van der Waals surface area contributed by atoms with Crippen molar-refractivity contribution in [2.45, 2.75) is 18.8 Å². The maximum absolute atomic E-state index is 8.72. The molecule has 0 fully saturated rings. The molecule has 1 aromatic heterocycles. The largest absolute Gasteiger partial charge is 0.464 e. The second kappa shape index (κ2) is 7.03. The van der Waals surface area contributed by atoms with Crippen molar-refractivity contribution in [3.63, 3.8) is 0 Å². The van der Waals surface area contributed by atoms with Gasteiger partial charge in [-0.25, -0.2) is 0 Å². The van der Waals surface area contributed by atoms with Crippen LogP contribution in [0, 0.1) is 11.3 Å². The highest BCUT2D eigenvalue weighted by molar-refractivity contribution is 7.97. The molecule has 3 nitrogen and oxygen atoms in total. The van der Waals surface area contributed by atoms with Crippen LogP contribution in [-0.4, -0.2) is 6.26 Å². The van der Waals surface area contributed by atoms with Crippen molar-refractivity contribution in [3.8, 4) is 6.07 Å². The third-order valence-corrected chi connectivity index (χ3v) is 3.29. The molecule has 0 saturated heterocycles. The summed E-state index contributed by atoms with van der Waals surface area (Å²) in [5, 5.41) is 12.0. The highest BCUT2D eigenvalue weighted by atomic mass is 32.2. The summed E-state index contributed by atoms with van der Waals surface area (Å²) in [5.74, 6) is 2.88. The molecular formula is C15H16N2OS. The molecule has 2 rings (SSSR count). The van der Waals surface area contributed by atoms with Crippen molar-refractivity contribution in [2.24, 2.45) is 0 Å². The van der Waals surface area contributed by atoms with Gasteiger partial charge in [-0.15, -0.1) is 0 Å². The molecule has 98 valence electrons. The monoisotopic (exact) mass is 272 g/mol. The predicted molar refractivity (Wildman–Crippen MR) is 77.6 cm³/mol. The lowest BCUT2D eigenvalue weighted by Gasteiger charge is -2.03. The molecule has 0 radical (unpaired) electrons. The number of rotatable bonds is 6. The molecule has 4 heteroatoms. The van der Waals surface area contributed by atoms with E-state index in [9.17, 15) is 0 Å².